The average Bonchev–Trinajstić information content (AvgIpc) is 2.78. The van der Waals surface area contributed by atoms with Crippen LogP contribution in [0.3, 0.4) is 0 Å². The molecule has 0 atom stereocenters. The number of amides is 1. The highest BCUT2D eigenvalue weighted by atomic mass is 32.2. The number of sulfonamides is 1. The van der Waals surface area contributed by atoms with Gasteiger partial charge in [0.1, 0.15) is 12.4 Å². The molecule has 2 heterocycles. The van der Waals surface area contributed by atoms with E-state index in [1.54, 1.807) is 25.5 Å². The summed E-state index contributed by atoms with van der Waals surface area (Å²) in [6, 6.07) is 6.24. The van der Waals surface area contributed by atoms with Crippen molar-refractivity contribution in [3.8, 4) is 0 Å². The van der Waals surface area contributed by atoms with Crippen LogP contribution in [-0.4, -0.2) is 85.8 Å². The van der Waals surface area contributed by atoms with E-state index in [0.29, 0.717) is 5.95 Å². The van der Waals surface area contributed by atoms with E-state index < -0.39 is 34.3 Å². The first-order valence-electron chi connectivity index (χ1n) is 9.44. The van der Waals surface area contributed by atoms with E-state index >= 15 is 0 Å². The SMILES string of the molecule is CN(CC(=O)OCC(=O)N1CCN(S(=O)(=O)c2ccc(F)cc2)CC1)c1ncccn1. The number of ether oxygens (including phenoxy) is 1. The molecule has 1 amide bonds. The van der Waals surface area contributed by atoms with Crippen molar-refractivity contribution in [2.75, 3.05) is 51.3 Å². The summed E-state index contributed by atoms with van der Waals surface area (Å²) < 4.78 is 44.6. The molecule has 1 aromatic carbocycles. The molecule has 0 bridgehead atoms. The van der Waals surface area contributed by atoms with Crippen LogP contribution in [0, 0.1) is 5.82 Å². The topological polar surface area (TPSA) is 113 Å². The van der Waals surface area contributed by atoms with Crippen molar-refractivity contribution in [2.45, 2.75) is 4.90 Å². The van der Waals surface area contributed by atoms with Crippen molar-refractivity contribution in [3.05, 3.63) is 48.5 Å². The largest absolute Gasteiger partial charge is 0.454 e. The van der Waals surface area contributed by atoms with Crippen LogP contribution in [0.25, 0.3) is 0 Å². The first kappa shape index (κ1) is 22.6. The van der Waals surface area contributed by atoms with Gasteiger partial charge in [-0.15, -0.1) is 0 Å². The van der Waals surface area contributed by atoms with Gasteiger partial charge in [0.05, 0.1) is 4.90 Å². The Morgan fingerprint density at radius 3 is 2.32 bits per heavy atom. The van der Waals surface area contributed by atoms with Crippen molar-refractivity contribution in [2.24, 2.45) is 0 Å². The summed E-state index contributed by atoms with van der Waals surface area (Å²) in [7, 11) is -2.14. The van der Waals surface area contributed by atoms with Gasteiger partial charge in [-0.05, 0) is 30.3 Å². The minimum absolute atomic E-state index is 0.00544. The number of anilines is 1. The molecule has 0 aliphatic carbocycles. The quantitative estimate of drug-likeness (QED) is 0.546. The van der Waals surface area contributed by atoms with Crippen molar-refractivity contribution >= 4 is 27.8 Å². The number of aromatic nitrogens is 2. The molecule has 10 nitrogen and oxygen atoms in total. The van der Waals surface area contributed by atoms with E-state index in [4.69, 9.17) is 4.74 Å². The Morgan fingerprint density at radius 1 is 1.10 bits per heavy atom. The number of carbonyl (C=O) groups is 2. The number of hydrogen-bond donors (Lipinski definition) is 0. The van der Waals surface area contributed by atoms with E-state index in [-0.39, 0.29) is 37.6 Å². The summed E-state index contributed by atoms with van der Waals surface area (Å²) >= 11 is 0. The highest BCUT2D eigenvalue weighted by molar-refractivity contribution is 7.89. The van der Waals surface area contributed by atoms with Crippen LogP contribution >= 0.6 is 0 Å². The van der Waals surface area contributed by atoms with E-state index in [2.05, 4.69) is 9.97 Å². The highest BCUT2D eigenvalue weighted by Crippen LogP contribution is 2.18. The average molecular weight is 451 g/mol. The predicted molar refractivity (Wildman–Crippen MR) is 108 cm³/mol. The van der Waals surface area contributed by atoms with Crippen molar-refractivity contribution in [3.63, 3.8) is 0 Å². The fourth-order valence-electron chi connectivity index (χ4n) is 2.97. The molecule has 1 saturated heterocycles. The molecule has 0 N–H and O–H groups in total. The molecule has 3 rings (SSSR count). The van der Waals surface area contributed by atoms with Crippen LogP contribution in [0.2, 0.25) is 0 Å². The second kappa shape index (κ2) is 9.79. The van der Waals surface area contributed by atoms with E-state index in [0.717, 1.165) is 12.1 Å². The Hall–Kier alpha value is -3.12. The third kappa shape index (κ3) is 5.73. The number of likely N-dealkylation sites (N-methyl/N-ethyl adjacent to an activating group) is 1. The van der Waals surface area contributed by atoms with Crippen LogP contribution in [0.4, 0.5) is 10.3 Å². The van der Waals surface area contributed by atoms with E-state index in [1.165, 1.54) is 26.2 Å². The zero-order valence-corrected chi connectivity index (χ0v) is 17.7. The van der Waals surface area contributed by atoms with Gasteiger partial charge in [-0.2, -0.15) is 4.31 Å². The third-order valence-electron chi connectivity index (χ3n) is 4.66. The maximum absolute atomic E-state index is 13.0. The number of piperazine rings is 1. The van der Waals surface area contributed by atoms with Gasteiger partial charge in [0, 0.05) is 45.6 Å². The maximum Gasteiger partial charge on any atom is 0.326 e. The van der Waals surface area contributed by atoms with E-state index in [1.807, 2.05) is 0 Å². The molecular weight excluding hydrogens is 429 g/mol. The van der Waals surface area contributed by atoms with Gasteiger partial charge in [0.2, 0.25) is 16.0 Å². The molecule has 1 fully saturated rings. The Balaban J connectivity index is 1.45. The Kier molecular flexibility index (Phi) is 7.13. The van der Waals surface area contributed by atoms with Gasteiger partial charge in [0.25, 0.3) is 5.91 Å². The number of hydrogen-bond acceptors (Lipinski definition) is 8. The molecule has 31 heavy (non-hydrogen) atoms. The molecule has 1 aliphatic rings. The predicted octanol–water partition coefficient (Wildman–Crippen LogP) is 0.128. The van der Waals surface area contributed by atoms with Gasteiger partial charge < -0.3 is 14.5 Å². The number of rotatable bonds is 7. The monoisotopic (exact) mass is 451 g/mol. The molecule has 0 unspecified atom stereocenters. The second-order valence-electron chi connectivity index (χ2n) is 6.80. The minimum atomic E-state index is -3.77. The second-order valence-corrected chi connectivity index (χ2v) is 8.74. The smallest absolute Gasteiger partial charge is 0.326 e. The van der Waals surface area contributed by atoms with E-state index in [9.17, 15) is 22.4 Å². The lowest BCUT2D eigenvalue weighted by Crippen LogP contribution is -2.51. The summed E-state index contributed by atoms with van der Waals surface area (Å²) in [4.78, 5) is 35.2. The number of benzene rings is 1. The van der Waals surface area contributed by atoms with Crippen LogP contribution in [0.5, 0.6) is 0 Å². The Morgan fingerprint density at radius 2 is 1.71 bits per heavy atom. The van der Waals surface area contributed by atoms with Gasteiger partial charge in [-0.1, -0.05) is 0 Å². The summed E-state index contributed by atoms with van der Waals surface area (Å²) in [5.41, 5.74) is 0. The third-order valence-corrected chi connectivity index (χ3v) is 6.57. The lowest BCUT2D eigenvalue weighted by Gasteiger charge is -2.33. The number of halogens is 1. The van der Waals surface area contributed by atoms with Gasteiger partial charge in [-0.25, -0.2) is 22.8 Å². The minimum Gasteiger partial charge on any atom is -0.454 e. The molecule has 12 heteroatoms. The maximum atomic E-state index is 13.0. The highest BCUT2D eigenvalue weighted by Gasteiger charge is 2.30. The van der Waals surface area contributed by atoms with Crippen LogP contribution in [0.15, 0.2) is 47.6 Å². The van der Waals surface area contributed by atoms with Gasteiger partial charge >= 0.3 is 5.97 Å². The Labute approximate surface area is 179 Å². The van der Waals surface area contributed by atoms with Crippen LogP contribution in [0.1, 0.15) is 0 Å². The normalized spacial score (nSPS) is 14.8. The molecule has 0 radical (unpaired) electrons. The molecular formula is C19H22FN5O5S. The first-order chi connectivity index (χ1) is 14.8. The lowest BCUT2D eigenvalue weighted by molar-refractivity contribution is -0.151. The Bertz CT molecular complexity index is 1010. The van der Waals surface area contributed by atoms with Crippen LogP contribution in [-0.2, 0) is 24.3 Å². The number of nitrogens with zero attached hydrogens (tertiary/aromatic N) is 5. The van der Waals surface area contributed by atoms with Crippen molar-refractivity contribution in [1.29, 1.82) is 0 Å². The molecule has 1 aromatic heterocycles. The fourth-order valence-corrected chi connectivity index (χ4v) is 4.39. The summed E-state index contributed by atoms with van der Waals surface area (Å²) in [6.07, 6.45) is 3.09. The number of esters is 1. The van der Waals surface area contributed by atoms with Crippen molar-refractivity contribution in [1.82, 2.24) is 19.2 Å². The molecule has 166 valence electrons. The van der Waals surface area contributed by atoms with Gasteiger partial charge in [0.15, 0.2) is 6.61 Å². The standard InChI is InChI=1S/C19H22FN5O5S/c1-23(19-21-7-2-8-22-19)13-18(27)30-14-17(26)24-9-11-25(12-10-24)31(28,29)16-5-3-15(20)4-6-16/h2-8H,9-14H2,1H3. The zero-order valence-electron chi connectivity index (χ0n) is 16.8. The van der Waals surface area contributed by atoms with Crippen molar-refractivity contribution < 1.29 is 27.1 Å². The molecule has 1 aliphatic heterocycles. The molecule has 0 spiro atoms. The summed E-state index contributed by atoms with van der Waals surface area (Å²) in [6.45, 7) is -0.0574. The van der Waals surface area contributed by atoms with Crippen LogP contribution < -0.4 is 4.90 Å². The lowest BCUT2D eigenvalue weighted by atomic mass is 10.3. The number of carbonyl (C=O) groups excluding carboxylic acids is 2. The first-order valence-corrected chi connectivity index (χ1v) is 10.9. The zero-order chi connectivity index (χ0) is 22.4. The summed E-state index contributed by atoms with van der Waals surface area (Å²) in [5.74, 6) is -1.19. The molecule has 2 aromatic rings. The van der Waals surface area contributed by atoms with Gasteiger partial charge in [-0.3, -0.25) is 9.59 Å². The summed E-state index contributed by atoms with van der Waals surface area (Å²) in [5, 5.41) is 0. The fraction of sp³-hybridized carbons (Fsp3) is 0.368. The molecule has 0 saturated carbocycles.